The van der Waals surface area contributed by atoms with Crippen molar-refractivity contribution in [3.8, 4) is 11.3 Å². The summed E-state index contributed by atoms with van der Waals surface area (Å²) in [6.07, 6.45) is 0.973. The third kappa shape index (κ3) is 4.44. The molecule has 28 heavy (non-hydrogen) atoms. The largest absolute Gasteiger partial charge is 0.379 e. The molecule has 1 aliphatic rings. The summed E-state index contributed by atoms with van der Waals surface area (Å²) in [4.78, 5) is 6.27. The molecule has 1 saturated heterocycles. The van der Waals surface area contributed by atoms with E-state index in [0.29, 0.717) is 31.2 Å². The van der Waals surface area contributed by atoms with Crippen LogP contribution in [0.25, 0.3) is 11.3 Å². The molecule has 2 aromatic heterocycles. The summed E-state index contributed by atoms with van der Waals surface area (Å²) in [5.41, 5.74) is 1.75. The van der Waals surface area contributed by atoms with Crippen molar-refractivity contribution in [2.45, 2.75) is 11.3 Å². The van der Waals surface area contributed by atoms with Crippen LogP contribution in [0.4, 0.5) is 5.13 Å². The van der Waals surface area contributed by atoms with Gasteiger partial charge in [-0.05, 0) is 30.0 Å². The standard InChI is InChI=1S/C19H21N3O3S3/c23-28(24,22-9-11-25-12-10-22)17-5-3-15(4-6-17)18-14-27-19(21-18)20-8-7-16-2-1-13-26-16/h1-6,13-14H,7-12H2,(H,20,21). The first-order valence-corrected chi connectivity index (χ1v) is 12.2. The first-order valence-electron chi connectivity index (χ1n) is 9.03. The third-order valence-corrected chi connectivity index (χ3v) is 8.14. The van der Waals surface area contributed by atoms with E-state index in [2.05, 4.69) is 27.8 Å². The highest BCUT2D eigenvalue weighted by Gasteiger charge is 2.26. The molecule has 0 aliphatic carbocycles. The Bertz CT molecular complexity index is 993. The molecule has 1 N–H and O–H groups in total. The highest BCUT2D eigenvalue weighted by Crippen LogP contribution is 2.27. The average molecular weight is 436 g/mol. The molecule has 0 saturated carbocycles. The molecule has 0 amide bonds. The van der Waals surface area contributed by atoms with Gasteiger partial charge in [0.2, 0.25) is 10.0 Å². The summed E-state index contributed by atoms with van der Waals surface area (Å²) in [5.74, 6) is 0. The van der Waals surface area contributed by atoms with Crippen LogP contribution in [0.5, 0.6) is 0 Å². The van der Waals surface area contributed by atoms with Gasteiger partial charge in [-0.25, -0.2) is 13.4 Å². The van der Waals surface area contributed by atoms with Crippen LogP contribution in [0.3, 0.4) is 0 Å². The molecule has 3 heterocycles. The number of thiophene rings is 1. The van der Waals surface area contributed by atoms with E-state index in [9.17, 15) is 8.42 Å². The van der Waals surface area contributed by atoms with Gasteiger partial charge in [-0.2, -0.15) is 4.31 Å². The maximum atomic E-state index is 12.7. The van der Waals surface area contributed by atoms with E-state index < -0.39 is 10.0 Å². The van der Waals surface area contributed by atoms with Crippen molar-refractivity contribution in [1.29, 1.82) is 0 Å². The van der Waals surface area contributed by atoms with Gasteiger partial charge in [0.15, 0.2) is 5.13 Å². The van der Waals surface area contributed by atoms with Gasteiger partial charge in [0, 0.05) is 35.5 Å². The number of nitrogens with one attached hydrogen (secondary N) is 1. The van der Waals surface area contributed by atoms with Crippen molar-refractivity contribution in [2.24, 2.45) is 0 Å². The van der Waals surface area contributed by atoms with E-state index in [-0.39, 0.29) is 0 Å². The molecule has 148 valence electrons. The number of morpholine rings is 1. The molecule has 0 bridgehead atoms. The van der Waals surface area contributed by atoms with Gasteiger partial charge in [0.1, 0.15) is 0 Å². The fourth-order valence-corrected chi connectivity index (χ4v) is 5.83. The molecule has 6 nitrogen and oxygen atoms in total. The summed E-state index contributed by atoms with van der Waals surface area (Å²) < 4.78 is 32.1. The van der Waals surface area contributed by atoms with Gasteiger partial charge in [-0.3, -0.25) is 0 Å². The lowest BCUT2D eigenvalue weighted by molar-refractivity contribution is 0.0730. The zero-order valence-electron chi connectivity index (χ0n) is 15.2. The smallest absolute Gasteiger partial charge is 0.243 e. The van der Waals surface area contributed by atoms with E-state index in [4.69, 9.17) is 4.74 Å². The molecule has 0 atom stereocenters. The van der Waals surface area contributed by atoms with Crippen molar-refractivity contribution in [1.82, 2.24) is 9.29 Å². The predicted molar refractivity (Wildman–Crippen MR) is 114 cm³/mol. The van der Waals surface area contributed by atoms with E-state index in [1.165, 1.54) is 9.18 Å². The summed E-state index contributed by atoms with van der Waals surface area (Å²) in [7, 11) is -3.47. The Morgan fingerprint density at radius 1 is 1.11 bits per heavy atom. The molecule has 1 fully saturated rings. The Kier molecular flexibility index (Phi) is 6.07. The lowest BCUT2D eigenvalue weighted by atomic mass is 10.2. The maximum Gasteiger partial charge on any atom is 0.243 e. The van der Waals surface area contributed by atoms with Gasteiger partial charge in [0.25, 0.3) is 0 Å². The molecular formula is C19H21N3O3S3. The lowest BCUT2D eigenvalue weighted by Crippen LogP contribution is -2.40. The average Bonchev–Trinajstić information content (AvgIpc) is 3.41. The Labute approximate surface area is 172 Å². The highest BCUT2D eigenvalue weighted by molar-refractivity contribution is 7.89. The number of hydrogen-bond donors (Lipinski definition) is 1. The first kappa shape index (κ1) is 19.5. The normalized spacial score (nSPS) is 15.6. The third-order valence-electron chi connectivity index (χ3n) is 4.49. The minimum Gasteiger partial charge on any atom is -0.379 e. The molecule has 0 spiro atoms. The van der Waals surface area contributed by atoms with Crippen molar-refractivity contribution >= 4 is 37.8 Å². The van der Waals surface area contributed by atoms with E-state index >= 15 is 0 Å². The summed E-state index contributed by atoms with van der Waals surface area (Å²) in [5, 5.41) is 8.29. The van der Waals surface area contributed by atoms with Gasteiger partial charge < -0.3 is 10.1 Å². The van der Waals surface area contributed by atoms with Gasteiger partial charge >= 0.3 is 0 Å². The maximum absolute atomic E-state index is 12.7. The number of aromatic nitrogens is 1. The van der Waals surface area contributed by atoms with Gasteiger partial charge in [0.05, 0.1) is 23.8 Å². The Morgan fingerprint density at radius 3 is 2.61 bits per heavy atom. The van der Waals surface area contributed by atoms with Gasteiger partial charge in [-0.15, -0.1) is 22.7 Å². The van der Waals surface area contributed by atoms with Crippen molar-refractivity contribution in [3.05, 3.63) is 52.0 Å². The molecule has 4 rings (SSSR count). The summed E-state index contributed by atoms with van der Waals surface area (Å²) in [6.45, 7) is 2.52. The zero-order chi connectivity index (χ0) is 19.4. The number of anilines is 1. The van der Waals surface area contributed by atoms with Crippen molar-refractivity contribution < 1.29 is 13.2 Å². The van der Waals surface area contributed by atoms with Crippen LogP contribution < -0.4 is 5.32 Å². The second-order valence-electron chi connectivity index (χ2n) is 6.33. The lowest BCUT2D eigenvalue weighted by Gasteiger charge is -2.26. The number of hydrogen-bond acceptors (Lipinski definition) is 7. The van der Waals surface area contributed by atoms with Crippen LogP contribution in [0.2, 0.25) is 0 Å². The fourth-order valence-electron chi connectivity index (χ4n) is 2.97. The fraction of sp³-hybridized carbons (Fsp3) is 0.316. The number of rotatable bonds is 7. The first-order chi connectivity index (χ1) is 13.6. The van der Waals surface area contributed by atoms with Crippen LogP contribution in [0.15, 0.2) is 52.1 Å². The zero-order valence-corrected chi connectivity index (χ0v) is 17.7. The number of thiazole rings is 1. The molecular weight excluding hydrogens is 414 g/mol. The Morgan fingerprint density at radius 2 is 1.89 bits per heavy atom. The van der Waals surface area contributed by atoms with Crippen LogP contribution in [-0.2, 0) is 21.2 Å². The van der Waals surface area contributed by atoms with Crippen molar-refractivity contribution in [3.63, 3.8) is 0 Å². The molecule has 0 radical (unpaired) electrons. The minimum absolute atomic E-state index is 0.308. The van der Waals surface area contributed by atoms with Crippen LogP contribution in [-0.4, -0.2) is 50.6 Å². The van der Waals surface area contributed by atoms with Crippen LogP contribution in [0, 0.1) is 0 Å². The Balaban J connectivity index is 1.40. The Hall–Kier alpha value is -1.78. The predicted octanol–water partition coefficient (Wildman–Crippen LogP) is 3.55. The van der Waals surface area contributed by atoms with E-state index in [0.717, 1.165) is 29.4 Å². The quantitative estimate of drug-likeness (QED) is 0.615. The van der Waals surface area contributed by atoms with E-state index in [1.54, 1.807) is 34.8 Å². The summed E-state index contributed by atoms with van der Waals surface area (Å²) in [6, 6.07) is 11.1. The molecule has 9 heteroatoms. The van der Waals surface area contributed by atoms with Crippen molar-refractivity contribution in [2.75, 3.05) is 38.2 Å². The SMILES string of the molecule is O=S(=O)(c1ccc(-c2csc(NCCc3cccs3)n2)cc1)N1CCOCC1. The molecule has 3 aromatic rings. The monoisotopic (exact) mass is 435 g/mol. The van der Waals surface area contributed by atoms with Gasteiger partial charge in [-0.1, -0.05) is 18.2 Å². The molecule has 0 unspecified atom stereocenters. The number of sulfonamides is 1. The second-order valence-corrected chi connectivity index (χ2v) is 10.2. The van der Waals surface area contributed by atoms with Crippen LogP contribution >= 0.6 is 22.7 Å². The summed E-state index contributed by atoms with van der Waals surface area (Å²) >= 11 is 3.31. The highest BCUT2D eigenvalue weighted by atomic mass is 32.2. The molecule has 1 aliphatic heterocycles. The molecule has 1 aromatic carbocycles. The second kappa shape index (κ2) is 8.71. The van der Waals surface area contributed by atoms with Crippen LogP contribution in [0.1, 0.15) is 4.88 Å². The topological polar surface area (TPSA) is 71.5 Å². The number of benzene rings is 1. The number of ether oxygens (including phenoxy) is 1. The minimum atomic E-state index is -3.47. The number of nitrogens with zero attached hydrogens (tertiary/aromatic N) is 2. The van der Waals surface area contributed by atoms with E-state index in [1.807, 2.05) is 17.5 Å².